The average Bonchev–Trinajstić information content (AvgIpc) is 2.39. The lowest BCUT2D eigenvalue weighted by Crippen LogP contribution is -1.94. The summed E-state index contributed by atoms with van der Waals surface area (Å²) in [5, 5.41) is 9.02. The van der Waals surface area contributed by atoms with Crippen LogP contribution < -0.4 is 4.74 Å². The van der Waals surface area contributed by atoms with E-state index in [2.05, 4.69) is 4.98 Å². The first kappa shape index (κ1) is 10.6. The topological polar surface area (TPSA) is 42.4 Å². The molecule has 82 valence electrons. The van der Waals surface area contributed by atoms with Crippen LogP contribution in [0.1, 0.15) is 5.56 Å². The van der Waals surface area contributed by atoms with Crippen LogP contribution in [0.2, 0.25) is 0 Å². The Balaban J connectivity index is 2.49. The zero-order chi connectivity index (χ0) is 11.4. The molecular formula is C13H13NO2. The van der Waals surface area contributed by atoms with Crippen molar-refractivity contribution in [3.05, 3.63) is 48.2 Å². The van der Waals surface area contributed by atoms with Gasteiger partial charge in [-0.15, -0.1) is 0 Å². The van der Waals surface area contributed by atoms with Gasteiger partial charge in [-0.1, -0.05) is 30.3 Å². The van der Waals surface area contributed by atoms with Crippen molar-refractivity contribution in [1.29, 1.82) is 0 Å². The minimum absolute atomic E-state index is 0.0293. The minimum Gasteiger partial charge on any atom is -0.494 e. The lowest BCUT2D eigenvalue weighted by molar-refractivity contribution is 0.280. The van der Waals surface area contributed by atoms with Crippen molar-refractivity contribution in [2.45, 2.75) is 6.61 Å². The molecule has 2 rings (SSSR count). The molecule has 1 aromatic carbocycles. The number of hydrogen-bond donors (Lipinski definition) is 1. The molecule has 0 fully saturated rings. The summed E-state index contributed by atoms with van der Waals surface area (Å²) < 4.78 is 5.27. The predicted octanol–water partition coefficient (Wildman–Crippen LogP) is 2.25. The summed E-state index contributed by atoms with van der Waals surface area (Å²) >= 11 is 0. The Labute approximate surface area is 94.3 Å². The first-order valence-corrected chi connectivity index (χ1v) is 5.04. The van der Waals surface area contributed by atoms with Crippen LogP contribution in [-0.2, 0) is 6.61 Å². The standard InChI is InChI=1S/C13H13NO2/c1-16-12-7-10(9-15)8-14-13(12)11-5-3-2-4-6-11/h2-8,15H,9H2,1H3. The van der Waals surface area contributed by atoms with E-state index in [4.69, 9.17) is 9.84 Å². The maximum absolute atomic E-state index is 9.02. The lowest BCUT2D eigenvalue weighted by Gasteiger charge is -2.08. The molecule has 1 heterocycles. The van der Waals surface area contributed by atoms with E-state index in [1.54, 1.807) is 19.4 Å². The van der Waals surface area contributed by atoms with Crippen LogP contribution in [0.4, 0.5) is 0 Å². The summed E-state index contributed by atoms with van der Waals surface area (Å²) in [6.07, 6.45) is 1.66. The van der Waals surface area contributed by atoms with Crippen LogP contribution >= 0.6 is 0 Å². The number of aliphatic hydroxyl groups excluding tert-OH is 1. The van der Waals surface area contributed by atoms with Crippen molar-refractivity contribution >= 4 is 0 Å². The number of hydrogen-bond acceptors (Lipinski definition) is 3. The summed E-state index contributed by atoms with van der Waals surface area (Å²) in [5.74, 6) is 0.678. The number of nitrogens with zero attached hydrogens (tertiary/aromatic N) is 1. The number of benzene rings is 1. The van der Waals surface area contributed by atoms with Gasteiger partial charge >= 0.3 is 0 Å². The fraction of sp³-hybridized carbons (Fsp3) is 0.154. The second-order valence-corrected chi connectivity index (χ2v) is 3.42. The summed E-state index contributed by atoms with van der Waals surface area (Å²) in [6, 6.07) is 11.6. The Morgan fingerprint density at radius 3 is 2.62 bits per heavy atom. The zero-order valence-corrected chi connectivity index (χ0v) is 9.05. The minimum atomic E-state index is -0.0293. The SMILES string of the molecule is COc1cc(CO)cnc1-c1ccccc1. The second kappa shape index (κ2) is 4.77. The maximum Gasteiger partial charge on any atom is 0.145 e. The number of rotatable bonds is 3. The number of aliphatic hydroxyl groups is 1. The van der Waals surface area contributed by atoms with Gasteiger partial charge in [-0.2, -0.15) is 0 Å². The van der Waals surface area contributed by atoms with Gasteiger partial charge in [-0.25, -0.2) is 0 Å². The highest BCUT2D eigenvalue weighted by Gasteiger charge is 2.07. The molecule has 0 atom stereocenters. The molecule has 0 amide bonds. The second-order valence-electron chi connectivity index (χ2n) is 3.42. The van der Waals surface area contributed by atoms with Crippen LogP contribution in [0.15, 0.2) is 42.6 Å². The van der Waals surface area contributed by atoms with Crippen molar-refractivity contribution in [1.82, 2.24) is 4.98 Å². The number of methoxy groups -OCH3 is 1. The largest absolute Gasteiger partial charge is 0.494 e. The normalized spacial score (nSPS) is 10.1. The Bertz CT molecular complexity index is 469. The Hall–Kier alpha value is -1.87. The van der Waals surface area contributed by atoms with E-state index in [0.717, 1.165) is 16.8 Å². The molecule has 0 saturated carbocycles. The molecule has 0 bridgehead atoms. The van der Waals surface area contributed by atoms with Crippen molar-refractivity contribution in [3.8, 4) is 17.0 Å². The van der Waals surface area contributed by atoms with Crippen LogP contribution in [0.5, 0.6) is 5.75 Å². The van der Waals surface area contributed by atoms with Gasteiger partial charge in [0.15, 0.2) is 0 Å². The van der Waals surface area contributed by atoms with E-state index in [1.165, 1.54) is 0 Å². The van der Waals surface area contributed by atoms with Crippen LogP contribution in [0.3, 0.4) is 0 Å². The van der Waals surface area contributed by atoms with Crippen LogP contribution in [0.25, 0.3) is 11.3 Å². The van der Waals surface area contributed by atoms with E-state index in [0.29, 0.717) is 5.75 Å². The van der Waals surface area contributed by atoms with Gasteiger partial charge in [0.25, 0.3) is 0 Å². The third-order valence-corrected chi connectivity index (χ3v) is 2.36. The van der Waals surface area contributed by atoms with Gasteiger partial charge in [0, 0.05) is 11.8 Å². The van der Waals surface area contributed by atoms with Crippen molar-refractivity contribution in [2.75, 3.05) is 7.11 Å². The van der Waals surface area contributed by atoms with Crippen LogP contribution in [0, 0.1) is 0 Å². The monoisotopic (exact) mass is 215 g/mol. The van der Waals surface area contributed by atoms with E-state index in [1.807, 2.05) is 30.3 Å². The number of ether oxygens (including phenoxy) is 1. The van der Waals surface area contributed by atoms with Crippen molar-refractivity contribution < 1.29 is 9.84 Å². The molecule has 2 aromatic rings. The third kappa shape index (κ3) is 2.04. The Kier molecular flexibility index (Phi) is 3.17. The van der Waals surface area contributed by atoms with Gasteiger partial charge < -0.3 is 9.84 Å². The zero-order valence-electron chi connectivity index (χ0n) is 9.05. The van der Waals surface area contributed by atoms with Crippen molar-refractivity contribution in [2.24, 2.45) is 0 Å². The molecule has 1 aromatic heterocycles. The van der Waals surface area contributed by atoms with E-state index < -0.39 is 0 Å². The highest BCUT2D eigenvalue weighted by Crippen LogP contribution is 2.27. The molecule has 0 radical (unpaired) electrons. The van der Waals surface area contributed by atoms with E-state index >= 15 is 0 Å². The molecule has 0 spiro atoms. The fourth-order valence-corrected chi connectivity index (χ4v) is 1.54. The first-order chi connectivity index (χ1) is 7.85. The molecule has 0 aliphatic heterocycles. The lowest BCUT2D eigenvalue weighted by atomic mass is 10.1. The molecule has 0 aliphatic rings. The molecule has 1 N–H and O–H groups in total. The first-order valence-electron chi connectivity index (χ1n) is 5.04. The fourth-order valence-electron chi connectivity index (χ4n) is 1.54. The third-order valence-electron chi connectivity index (χ3n) is 2.36. The quantitative estimate of drug-likeness (QED) is 0.853. The van der Waals surface area contributed by atoms with Gasteiger partial charge in [-0.05, 0) is 11.6 Å². The summed E-state index contributed by atoms with van der Waals surface area (Å²) in [6.45, 7) is -0.0293. The maximum atomic E-state index is 9.02. The highest BCUT2D eigenvalue weighted by atomic mass is 16.5. The number of aromatic nitrogens is 1. The van der Waals surface area contributed by atoms with Gasteiger partial charge in [0.1, 0.15) is 11.4 Å². The molecule has 0 aliphatic carbocycles. The summed E-state index contributed by atoms with van der Waals surface area (Å²) in [7, 11) is 1.60. The number of pyridine rings is 1. The predicted molar refractivity (Wildman–Crippen MR) is 62.1 cm³/mol. The van der Waals surface area contributed by atoms with Gasteiger partial charge in [-0.3, -0.25) is 4.98 Å². The molecule has 3 nitrogen and oxygen atoms in total. The summed E-state index contributed by atoms with van der Waals surface area (Å²) in [5.41, 5.74) is 2.54. The Morgan fingerprint density at radius 2 is 2.00 bits per heavy atom. The molecule has 0 unspecified atom stereocenters. The van der Waals surface area contributed by atoms with E-state index in [9.17, 15) is 0 Å². The van der Waals surface area contributed by atoms with Crippen LogP contribution in [-0.4, -0.2) is 17.2 Å². The van der Waals surface area contributed by atoms with E-state index in [-0.39, 0.29) is 6.61 Å². The van der Waals surface area contributed by atoms with Crippen molar-refractivity contribution in [3.63, 3.8) is 0 Å². The average molecular weight is 215 g/mol. The molecular weight excluding hydrogens is 202 g/mol. The molecule has 0 saturated heterocycles. The summed E-state index contributed by atoms with van der Waals surface area (Å²) in [4.78, 5) is 4.31. The molecule has 16 heavy (non-hydrogen) atoms. The molecule has 3 heteroatoms. The smallest absolute Gasteiger partial charge is 0.145 e. The Morgan fingerprint density at radius 1 is 1.25 bits per heavy atom. The van der Waals surface area contributed by atoms with Gasteiger partial charge in [0.05, 0.1) is 13.7 Å². The highest BCUT2D eigenvalue weighted by molar-refractivity contribution is 5.66. The van der Waals surface area contributed by atoms with Gasteiger partial charge in [0.2, 0.25) is 0 Å².